The van der Waals surface area contributed by atoms with Gasteiger partial charge in [-0.1, -0.05) is 29.8 Å². The lowest BCUT2D eigenvalue weighted by atomic mass is 10.1. The SMILES string of the molecule is COc1ccc(CNC(=O)Cn2ccn3nc(-c4ccc(Cl)cc4)cc3c2=O)cc1OC. The number of halogens is 1. The summed E-state index contributed by atoms with van der Waals surface area (Å²) in [5, 5.41) is 7.88. The van der Waals surface area contributed by atoms with E-state index in [-0.39, 0.29) is 18.0 Å². The van der Waals surface area contributed by atoms with E-state index in [1.54, 1.807) is 56.9 Å². The highest BCUT2D eigenvalue weighted by atomic mass is 35.5. The molecule has 0 radical (unpaired) electrons. The number of hydrogen-bond acceptors (Lipinski definition) is 5. The van der Waals surface area contributed by atoms with E-state index >= 15 is 0 Å². The van der Waals surface area contributed by atoms with Crippen molar-refractivity contribution in [2.75, 3.05) is 14.2 Å². The van der Waals surface area contributed by atoms with Gasteiger partial charge in [0, 0.05) is 29.5 Å². The minimum Gasteiger partial charge on any atom is -0.493 e. The number of ether oxygens (including phenoxy) is 2. The molecule has 0 bridgehead atoms. The molecule has 4 aromatic rings. The summed E-state index contributed by atoms with van der Waals surface area (Å²) < 4.78 is 13.4. The van der Waals surface area contributed by atoms with Crippen LogP contribution >= 0.6 is 11.6 Å². The van der Waals surface area contributed by atoms with Gasteiger partial charge in [-0.15, -0.1) is 0 Å². The molecule has 0 unspecified atom stereocenters. The second-order valence-corrected chi connectivity index (χ2v) is 7.50. The highest BCUT2D eigenvalue weighted by Crippen LogP contribution is 2.27. The molecule has 1 N–H and O–H groups in total. The Balaban J connectivity index is 1.48. The van der Waals surface area contributed by atoms with E-state index in [2.05, 4.69) is 10.4 Å². The number of benzene rings is 2. The van der Waals surface area contributed by atoms with Gasteiger partial charge in [0.1, 0.15) is 12.1 Å². The second kappa shape index (κ2) is 9.15. The lowest BCUT2D eigenvalue weighted by molar-refractivity contribution is -0.121. The molecule has 9 heteroatoms. The molecule has 164 valence electrons. The van der Waals surface area contributed by atoms with Crippen molar-refractivity contribution in [1.29, 1.82) is 0 Å². The molecule has 0 atom stereocenters. The molecule has 0 aliphatic heterocycles. The first-order valence-corrected chi connectivity index (χ1v) is 10.2. The van der Waals surface area contributed by atoms with E-state index in [1.165, 1.54) is 9.08 Å². The Bertz CT molecular complexity index is 1330. The first kappa shape index (κ1) is 21.5. The van der Waals surface area contributed by atoms with Crippen LogP contribution in [0.3, 0.4) is 0 Å². The molecule has 2 heterocycles. The first-order valence-electron chi connectivity index (χ1n) is 9.81. The van der Waals surface area contributed by atoms with Gasteiger partial charge in [0.05, 0.1) is 19.9 Å². The van der Waals surface area contributed by atoms with Gasteiger partial charge in [0.25, 0.3) is 5.56 Å². The monoisotopic (exact) mass is 452 g/mol. The fourth-order valence-corrected chi connectivity index (χ4v) is 3.44. The van der Waals surface area contributed by atoms with Crippen molar-refractivity contribution in [3.63, 3.8) is 0 Å². The molecule has 0 saturated carbocycles. The molecular weight excluding hydrogens is 432 g/mol. The van der Waals surface area contributed by atoms with Crippen molar-refractivity contribution >= 4 is 23.0 Å². The maximum absolute atomic E-state index is 12.9. The van der Waals surface area contributed by atoms with Crippen molar-refractivity contribution in [2.24, 2.45) is 0 Å². The molecule has 2 aromatic carbocycles. The largest absolute Gasteiger partial charge is 0.493 e. The number of amides is 1. The maximum Gasteiger partial charge on any atom is 0.277 e. The number of carbonyl (C=O) groups is 1. The summed E-state index contributed by atoms with van der Waals surface area (Å²) in [6.45, 7) is 0.188. The molecule has 32 heavy (non-hydrogen) atoms. The number of methoxy groups -OCH3 is 2. The van der Waals surface area contributed by atoms with Crippen molar-refractivity contribution in [1.82, 2.24) is 19.5 Å². The standard InChI is InChI=1S/C23H21ClN4O4/c1-31-20-8-3-15(11-21(20)32-2)13-25-22(29)14-27-9-10-28-19(23(27)30)12-18(26-28)16-4-6-17(24)7-5-16/h3-12H,13-14H2,1-2H3,(H,25,29). The summed E-state index contributed by atoms with van der Waals surface area (Å²) in [4.78, 5) is 25.3. The van der Waals surface area contributed by atoms with Crippen molar-refractivity contribution in [2.45, 2.75) is 13.1 Å². The molecule has 4 rings (SSSR count). The van der Waals surface area contributed by atoms with Gasteiger partial charge in [-0.3, -0.25) is 9.59 Å². The molecule has 0 fully saturated rings. The number of carbonyl (C=O) groups excluding carboxylic acids is 1. The van der Waals surface area contributed by atoms with E-state index in [0.29, 0.717) is 34.3 Å². The van der Waals surface area contributed by atoms with Crippen LogP contribution in [0.5, 0.6) is 11.5 Å². The number of fused-ring (bicyclic) bond motifs is 1. The van der Waals surface area contributed by atoms with Crippen LogP contribution in [-0.4, -0.2) is 34.3 Å². The number of nitrogens with one attached hydrogen (secondary N) is 1. The van der Waals surface area contributed by atoms with Crippen molar-refractivity contribution in [3.05, 3.63) is 81.9 Å². The molecule has 0 aliphatic rings. The van der Waals surface area contributed by atoms with Crippen LogP contribution in [0, 0.1) is 0 Å². The van der Waals surface area contributed by atoms with Crippen LogP contribution in [0.15, 0.2) is 65.7 Å². The van der Waals surface area contributed by atoms with Gasteiger partial charge in [-0.25, -0.2) is 4.52 Å². The van der Waals surface area contributed by atoms with E-state index < -0.39 is 0 Å². The summed E-state index contributed by atoms with van der Waals surface area (Å²) in [5.74, 6) is 0.906. The maximum atomic E-state index is 12.9. The summed E-state index contributed by atoms with van der Waals surface area (Å²) >= 11 is 5.94. The highest BCUT2D eigenvalue weighted by Gasteiger charge is 2.12. The second-order valence-electron chi connectivity index (χ2n) is 7.06. The van der Waals surface area contributed by atoms with E-state index in [1.807, 2.05) is 18.2 Å². The summed E-state index contributed by atoms with van der Waals surface area (Å²) in [6, 6.07) is 14.3. The van der Waals surface area contributed by atoms with Crippen molar-refractivity contribution in [3.8, 4) is 22.8 Å². The highest BCUT2D eigenvalue weighted by molar-refractivity contribution is 6.30. The Kier molecular flexibility index (Phi) is 6.13. The number of aromatic nitrogens is 3. The Morgan fingerprint density at radius 1 is 1.03 bits per heavy atom. The lowest BCUT2D eigenvalue weighted by Gasteiger charge is -2.11. The third-order valence-electron chi connectivity index (χ3n) is 5.00. The van der Waals surface area contributed by atoms with E-state index in [9.17, 15) is 9.59 Å². The van der Waals surface area contributed by atoms with Crippen LogP contribution < -0.4 is 20.3 Å². The third kappa shape index (κ3) is 4.45. The summed E-state index contributed by atoms with van der Waals surface area (Å²) in [6.07, 6.45) is 3.20. The van der Waals surface area contributed by atoms with Gasteiger partial charge in [-0.05, 0) is 35.9 Å². The molecular formula is C23H21ClN4O4. The third-order valence-corrected chi connectivity index (χ3v) is 5.25. The Hall–Kier alpha value is -3.78. The van der Waals surface area contributed by atoms with Gasteiger partial charge < -0.3 is 19.4 Å². The Morgan fingerprint density at radius 2 is 1.78 bits per heavy atom. The normalized spacial score (nSPS) is 10.8. The molecule has 2 aromatic heterocycles. The molecule has 0 saturated heterocycles. The zero-order valence-electron chi connectivity index (χ0n) is 17.5. The Labute approximate surface area is 189 Å². The fraction of sp³-hybridized carbons (Fsp3) is 0.174. The van der Waals surface area contributed by atoms with Crippen molar-refractivity contribution < 1.29 is 14.3 Å². The summed E-state index contributed by atoms with van der Waals surface area (Å²) in [7, 11) is 3.12. The predicted molar refractivity (Wildman–Crippen MR) is 121 cm³/mol. The molecule has 0 spiro atoms. The Morgan fingerprint density at radius 3 is 2.50 bits per heavy atom. The van der Waals surface area contributed by atoms with Crippen LogP contribution in [0.4, 0.5) is 0 Å². The average Bonchev–Trinajstić information content (AvgIpc) is 3.25. The minimum atomic E-state index is -0.304. The minimum absolute atomic E-state index is 0.107. The fourth-order valence-electron chi connectivity index (χ4n) is 3.31. The first-order chi connectivity index (χ1) is 15.5. The molecule has 0 aliphatic carbocycles. The van der Waals surface area contributed by atoms with Gasteiger partial charge >= 0.3 is 0 Å². The van der Waals surface area contributed by atoms with E-state index in [4.69, 9.17) is 21.1 Å². The number of nitrogens with zero attached hydrogens (tertiary/aromatic N) is 3. The average molecular weight is 453 g/mol. The zero-order valence-corrected chi connectivity index (χ0v) is 18.3. The smallest absolute Gasteiger partial charge is 0.277 e. The molecule has 1 amide bonds. The van der Waals surface area contributed by atoms with Gasteiger partial charge in [0.2, 0.25) is 5.91 Å². The van der Waals surface area contributed by atoms with Gasteiger partial charge in [-0.2, -0.15) is 5.10 Å². The van der Waals surface area contributed by atoms with Crippen LogP contribution in [0.1, 0.15) is 5.56 Å². The van der Waals surface area contributed by atoms with Crippen LogP contribution in [0.25, 0.3) is 16.8 Å². The zero-order chi connectivity index (χ0) is 22.7. The number of hydrogen-bond donors (Lipinski definition) is 1. The summed E-state index contributed by atoms with van der Waals surface area (Å²) in [5.41, 5.74) is 2.42. The topological polar surface area (TPSA) is 86.9 Å². The lowest BCUT2D eigenvalue weighted by Crippen LogP contribution is -2.32. The predicted octanol–water partition coefficient (Wildman–Crippen LogP) is 3.15. The van der Waals surface area contributed by atoms with E-state index in [0.717, 1.165) is 11.1 Å². The van der Waals surface area contributed by atoms with Crippen LogP contribution in [0.2, 0.25) is 5.02 Å². The molecule has 8 nitrogen and oxygen atoms in total. The number of rotatable bonds is 7. The quantitative estimate of drug-likeness (QED) is 0.465. The van der Waals surface area contributed by atoms with Crippen LogP contribution in [-0.2, 0) is 17.9 Å². The van der Waals surface area contributed by atoms with Gasteiger partial charge in [0.15, 0.2) is 11.5 Å².